The number of methoxy groups -OCH3 is 1. The Morgan fingerprint density at radius 2 is 1.17 bits per heavy atom. The molecule has 0 bridgehead atoms. The summed E-state index contributed by atoms with van der Waals surface area (Å²) in [6.07, 6.45) is -0.192. The number of ether oxygens (including phenoxy) is 2. The minimum Gasteiger partial charge on any atom is -0.481 e. The largest absolute Gasteiger partial charge is 0.481 e. The summed E-state index contributed by atoms with van der Waals surface area (Å²) in [7, 11) is 1.38. The van der Waals surface area contributed by atoms with Crippen molar-refractivity contribution in [2.24, 2.45) is 10.8 Å². The van der Waals surface area contributed by atoms with Gasteiger partial charge in [-0.3, -0.25) is 28.9 Å². The summed E-state index contributed by atoms with van der Waals surface area (Å²) in [4.78, 5) is 39.2. The van der Waals surface area contributed by atoms with E-state index in [0.717, 1.165) is 19.6 Å². The molecular weight excluding hydrogens is 645 g/mol. The van der Waals surface area contributed by atoms with Crippen molar-refractivity contribution in [3.63, 3.8) is 0 Å². The molecule has 4 atom stereocenters. The average molecular weight is 689 g/mol. The summed E-state index contributed by atoms with van der Waals surface area (Å²) >= 11 is 0. The van der Waals surface area contributed by atoms with Crippen molar-refractivity contribution >= 4 is 17.9 Å². The minimum absolute atomic E-state index is 0. The molecule has 2 aliphatic heterocycles. The number of carboxylic acid groups (broad SMARTS) is 1. The maximum absolute atomic E-state index is 12.3. The normalized spacial score (nSPS) is 21.2. The van der Waals surface area contributed by atoms with Crippen LogP contribution in [0.5, 0.6) is 0 Å². The molecule has 4 rings (SSSR count). The Bertz CT molecular complexity index is 1160. The Kier molecular flexibility index (Phi) is 22.7. The third kappa shape index (κ3) is 13.1. The van der Waals surface area contributed by atoms with Crippen LogP contribution in [-0.4, -0.2) is 83.4 Å². The number of likely N-dealkylation sites (tertiary alicyclic amines) is 2. The summed E-state index contributed by atoms with van der Waals surface area (Å²) < 4.78 is 58.3. The first kappa shape index (κ1) is 45.4. The highest BCUT2D eigenvalue weighted by molar-refractivity contribution is 5.79. The Balaban J connectivity index is 0. The fourth-order valence-corrected chi connectivity index (χ4v) is 5.71. The van der Waals surface area contributed by atoms with E-state index in [1.807, 2.05) is 48.5 Å². The number of rotatable bonds is 9. The smallest absolute Gasteiger partial charge is 0.316 e. The zero-order valence-corrected chi connectivity index (χ0v) is 26.6. The predicted molar refractivity (Wildman–Crippen MR) is 159 cm³/mol. The molecule has 2 aromatic rings. The maximum atomic E-state index is 12.3. The second-order valence-corrected chi connectivity index (χ2v) is 10.9. The van der Waals surface area contributed by atoms with E-state index >= 15 is 0 Å². The van der Waals surface area contributed by atoms with E-state index in [9.17, 15) is 24.6 Å². The lowest BCUT2D eigenvalue weighted by molar-refractivity contribution is -0.168. The molecule has 47 heavy (non-hydrogen) atoms. The molecule has 2 aliphatic rings. The summed E-state index contributed by atoms with van der Waals surface area (Å²) in [6, 6.07) is 20.1. The molecule has 0 radical (unpaired) electrons. The van der Waals surface area contributed by atoms with Gasteiger partial charge in [-0.15, -0.1) is 0 Å². The molecule has 0 saturated carbocycles. The lowest BCUT2D eigenvalue weighted by Gasteiger charge is -2.32. The first-order valence-electron chi connectivity index (χ1n) is 14.1. The van der Waals surface area contributed by atoms with E-state index in [4.69, 9.17) is 36.9 Å². The van der Waals surface area contributed by atoms with E-state index in [-0.39, 0.29) is 16.6 Å². The van der Waals surface area contributed by atoms with Crippen molar-refractivity contribution in [1.29, 1.82) is 0 Å². The van der Waals surface area contributed by atoms with Crippen LogP contribution < -0.4 is 0 Å². The highest BCUT2D eigenvalue weighted by Crippen LogP contribution is 2.38. The molecule has 0 amide bonds. The molecule has 4 unspecified atom stereocenters. The SMILES string of the molecule is CC(O)C1(C(=O)O)CCN(Cc2ccccc2)C1.COC(=O)C1(C(C)OC(C)=O)CCN(Cc2ccccc2)C1.F.FF.FF.FF. The van der Waals surface area contributed by atoms with Crippen LogP contribution in [0.1, 0.15) is 44.7 Å². The van der Waals surface area contributed by atoms with Gasteiger partial charge in [0, 0.05) is 60.5 Å². The van der Waals surface area contributed by atoms with Crippen LogP contribution in [0.2, 0.25) is 0 Å². The third-order valence-corrected chi connectivity index (χ3v) is 8.20. The summed E-state index contributed by atoms with van der Waals surface area (Å²) in [5.41, 5.74) is 0.580. The molecule has 2 fully saturated rings. The number of carbonyl (C=O) groups is 3. The molecule has 2 heterocycles. The molecule has 0 spiro atoms. The monoisotopic (exact) mass is 688 g/mol. The van der Waals surface area contributed by atoms with Gasteiger partial charge in [0.2, 0.25) is 0 Å². The van der Waals surface area contributed by atoms with Gasteiger partial charge in [0.1, 0.15) is 16.9 Å². The lowest BCUT2D eigenvalue weighted by Crippen LogP contribution is -2.46. The van der Waals surface area contributed by atoms with E-state index in [1.54, 1.807) is 13.8 Å². The Hall–Kier alpha value is -3.76. The number of carboxylic acids is 1. The van der Waals surface area contributed by atoms with E-state index < -0.39 is 29.0 Å². The number of halogens is 7. The summed E-state index contributed by atoms with van der Waals surface area (Å²) in [5.74, 6) is -1.58. The third-order valence-electron chi connectivity index (χ3n) is 8.20. The highest BCUT2D eigenvalue weighted by atomic mass is 20.0. The molecular formula is C31H43F7N2O7. The summed E-state index contributed by atoms with van der Waals surface area (Å²) in [5, 5.41) is 19.1. The number of hydrogen-bond acceptors (Lipinski definition) is 8. The van der Waals surface area contributed by atoms with Crippen molar-refractivity contribution in [1.82, 2.24) is 9.80 Å². The van der Waals surface area contributed by atoms with Crippen molar-refractivity contribution in [3.8, 4) is 0 Å². The van der Waals surface area contributed by atoms with Crippen LogP contribution in [0, 0.1) is 10.8 Å². The molecule has 0 aliphatic carbocycles. The van der Waals surface area contributed by atoms with Crippen LogP contribution in [0.15, 0.2) is 60.7 Å². The van der Waals surface area contributed by atoms with Crippen LogP contribution in [0.25, 0.3) is 0 Å². The number of aliphatic hydroxyl groups excluding tert-OH is 1. The minimum atomic E-state index is -1.01. The number of nitrogens with zero attached hydrogens (tertiary/aromatic N) is 2. The molecule has 16 heteroatoms. The summed E-state index contributed by atoms with van der Waals surface area (Å²) in [6.45, 7) is 8.64. The molecule has 2 N–H and O–H groups in total. The van der Waals surface area contributed by atoms with Gasteiger partial charge in [-0.1, -0.05) is 60.7 Å². The number of esters is 2. The van der Waals surface area contributed by atoms with Crippen molar-refractivity contribution < 1.29 is 66.2 Å². The van der Waals surface area contributed by atoms with Gasteiger partial charge in [0.15, 0.2) is 0 Å². The quantitative estimate of drug-likeness (QED) is 0.241. The van der Waals surface area contributed by atoms with Crippen molar-refractivity contribution in [2.45, 2.75) is 58.9 Å². The second kappa shape index (κ2) is 23.5. The van der Waals surface area contributed by atoms with Crippen LogP contribution >= 0.6 is 0 Å². The number of benzene rings is 2. The van der Waals surface area contributed by atoms with Gasteiger partial charge in [0.25, 0.3) is 0 Å². The first-order valence-corrected chi connectivity index (χ1v) is 14.1. The highest BCUT2D eigenvalue weighted by Gasteiger charge is 2.51. The first-order chi connectivity index (χ1) is 22.0. The zero-order valence-electron chi connectivity index (χ0n) is 26.6. The average Bonchev–Trinajstić information content (AvgIpc) is 3.71. The van der Waals surface area contributed by atoms with E-state index in [1.165, 1.54) is 25.2 Å². The number of carbonyl (C=O) groups excluding carboxylic acids is 2. The zero-order chi connectivity index (χ0) is 35.3. The molecule has 268 valence electrons. The fourth-order valence-electron chi connectivity index (χ4n) is 5.71. The van der Waals surface area contributed by atoms with Crippen molar-refractivity contribution in [3.05, 3.63) is 71.8 Å². The predicted octanol–water partition coefficient (Wildman–Crippen LogP) is 6.02. The Morgan fingerprint density at radius 1 is 0.787 bits per heavy atom. The van der Waals surface area contributed by atoms with Gasteiger partial charge in [-0.2, -0.15) is 0 Å². The topological polar surface area (TPSA) is 117 Å². The van der Waals surface area contributed by atoms with Gasteiger partial charge < -0.3 is 19.7 Å². The van der Waals surface area contributed by atoms with Crippen LogP contribution in [0.4, 0.5) is 32.1 Å². The standard InChI is InChI=1S/C17H23NO4.C14H19NO3.3F2.FH/c1-13(22-14(2)19)17(16(20)21-3)9-10-18(12-17)11-15-7-5-4-6-8-15;1-11(16)14(13(17)18)7-8-15(10-14)9-12-5-3-2-4-6-12;3*1-2;/h4-8,13H,9-12H2,1-3H3;2-6,11,16H,7-10H2,1H3,(H,17,18);;;;1H. The Labute approximate surface area is 269 Å². The molecule has 2 aromatic carbocycles. The molecule has 2 saturated heterocycles. The molecule has 0 aromatic heterocycles. The van der Waals surface area contributed by atoms with E-state index in [0.29, 0.717) is 32.5 Å². The van der Waals surface area contributed by atoms with Crippen LogP contribution in [-0.2, 0) is 36.9 Å². The molecule has 9 nitrogen and oxygen atoms in total. The fraction of sp³-hybridized carbons (Fsp3) is 0.516. The Morgan fingerprint density at radius 3 is 1.49 bits per heavy atom. The van der Waals surface area contributed by atoms with Gasteiger partial charge in [-0.25, -0.2) is 0 Å². The number of hydrogen-bond donors (Lipinski definition) is 2. The second-order valence-electron chi connectivity index (χ2n) is 10.9. The van der Waals surface area contributed by atoms with Gasteiger partial charge in [0.05, 0.1) is 13.2 Å². The van der Waals surface area contributed by atoms with Gasteiger partial charge in [-0.05, 0) is 50.9 Å². The maximum Gasteiger partial charge on any atom is 0.316 e. The van der Waals surface area contributed by atoms with Gasteiger partial charge >= 0.3 is 17.9 Å². The van der Waals surface area contributed by atoms with Crippen LogP contribution in [0.3, 0.4) is 0 Å². The number of aliphatic hydroxyl groups is 1. The lowest BCUT2D eigenvalue weighted by atomic mass is 9.81. The number of aliphatic carboxylic acids is 1. The van der Waals surface area contributed by atoms with Crippen molar-refractivity contribution in [2.75, 3.05) is 33.3 Å². The van der Waals surface area contributed by atoms with E-state index in [2.05, 4.69) is 21.9 Å².